The minimum Gasteiger partial charge on any atom is -0.226 e. The van der Waals surface area contributed by atoms with Crippen molar-refractivity contribution < 1.29 is 4.39 Å². The molecule has 0 atom stereocenters. The number of hydrogen-bond donors (Lipinski definition) is 0. The van der Waals surface area contributed by atoms with E-state index in [4.69, 9.17) is 11.6 Å². The fraction of sp³-hybridized carbons (Fsp3) is 0.231. The molecular weight excluding hydrogens is 271 g/mol. The molecule has 1 aromatic heterocycles. The zero-order valence-electron chi connectivity index (χ0n) is 9.86. The van der Waals surface area contributed by atoms with Gasteiger partial charge < -0.3 is 0 Å². The zero-order chi connectivity index (χ0) is 13.0. The van der Waals surface area contributed by atoms with Crippen molar-refractivity contribution in [2.45, 2.75) is 29.7 Å². The molecule has 18 heavy (non-hydrogen) atoms. The second kappa shape index (κ2) is 6.16. The van der Waals surface area contributed by atoms with Gasteiger partial charge in [-0.3, -0.25) is 0 Å². The molecule has 0 unspecified atom stereocenters. The molecule has 1 heterocycles. The molecule has 1 aromatic carbocycles. The molecule has 2 nitrogen and oxygen atoms in total. The Bertz CT molecular complexity index is 548. The lowest BCUT2D eigenvalue weighted by atomic mass is 10.3. The molecular formula is C13H12ClFN2S. The molecule has 0 bridgehead atoms. The minimum absolute atomic E-state index is 0.256. The third-order valence-electron chi connectivity index (χ3n) is 2.21. The van der Waals surface area contributed by atoms with Crippen LogP contribution in [0.3, 0.4) is 0 Å². The summed E-state index contributed by atoms with van der Waals surface area (Å²) in [5, 5.41) is 1.16. The van der Waals surface area contributed by atoms with Crippen molar-refractivity contribution in [2.24, 2.45) is 0 Å². The molecule has 0 aliphatic heterocycles. The molecule has 0 aliphatic rings. The van der Waals surface area contributed by atoms with Gasteiger partial charge in [0.1, 0.15) is 21.8 Å². The van der Waals surface area contributed by atoms with Gasteiger partial charge in [0.15, 0.2) is 0 Å². The van der Waals surface area contributed by atoms with Gasteiger partial charge in [0.25, 0.3) is 0 Å². The number of rotatable bonds is 4. The van der Waals surface area contributed by atoms with Crippen molar-refractivity contribution >= 4 is 23.4 Å². The van der Waals surface area contributed by atoms with Gasteiger partial charge in [0.05, 0.1) is 0 Å². The Morgan fingerprint density at radius 1 is 1.28 bits per heavy atom. The fourth-order valence-corrected chi connectivity index (χ4v) is 2.63. The molecule has 0 N–H and O–H groups in total. The van der Waals surface area contributed by atoms with Crippen LogP contribution in [0.4, 0.5) is 4.39 Å². The third-order valence-corrected chi connectivity index (χ3v) is 3.31. The SMILES string of the molecule is CCCc1nc(Cl)cc(Sc2cccc(F)c2)n1. The average molecular weight is 283 g/mol. The van der Waals surface area contributed by atoms with Gasteiger partial charge in [-0.25, -0.2) is 14.4 Å². The first-order valence-electron chi connectivity index (χ1n) is 5.64. The third kappa shape index (κ3) is 3.68. The van der Waals surface area contributed by atoms with Crippen molar-refractivity contribution in [3.8, 4) is 0 Å². The first-order valence-corrected chi connectivity index (χ1v) is 6.83. The Morgan fingerprint density at radius 3 is 2.83 bits per heavy atom. The Kier molecular flexibility index (Phi) is 4.55. The predicted octanol–water partition coefficient (Wildman–Crippen LogP) is 4.37. The Balaban J connectivity index is 2.23. The van der Waals surface area contributed by atoms with Crippen LogP contribution in [-0.2, 0) is 6.42 Å². The summed E-state index contributed by atoms with van der Waals surface area (Å²) in [5.41, 5.74) is 0. The summed E-state index contributed by atoms with van der Waals surface area (Å²) in [7, 11) is 0. The Morgan fingerprint density at radius 2 is 2.11 bits per heavy atom. The van der Waals surface area contributed by atoms with E-state index in [0.29, 0.717) is 5.15 Å². The molecule has 0 radical (unpaired) electrons. The summed E-state index contributed by atoms with van der Waals surface area (Å²) >= 11 is 7.33. The van der Waals surface area contributed by atoms with E-state index in [1.165, 1.54) is 23.9 Å². The summed E-state index contributed by atoms with van der Waals surface area (Å²) in [6.07, 6.45) is 1.75. The largest absolute Gasteiger partial charge is 0.226 e. The van der Waals surface area contributed by atoms with E-state index in [-0.39, 0.29) is 5.82 Å². The first kappa shape index (κ1) is 13.3. The molecule has 0 amide bonds. The smallest absolute Gasteiger partial charge is 0.133 e. The zero-order valence-corrected chi connectivity index (χ0v) is 11.4. The first-order chi connectivity index (χ1) is 8.67. The van der Waals surface area contributed by atoms with Crippen LogP contribution in [0.5, 0.6) is 0 Å². The molecule has 94 valence electrons. The quantitative estimate of drug-likeness (QED) is 0.779. The van der Waals surface area contributed by atoms with Gasteiger partial charge in [-0.15, -0.1) is 0 Å². The summed E-state index contributed by atoms with van der Waals surface area (Å²) in [5.74, 6) is 0.470. The van der Waals surface area contributed by atoms with Crippen LogP contribution >= 0.6 is 23.4 Å². The minimum atomic E-state index is -0.256. The van der Waals surface area contributed by atoms with Crippen molar-refractivity contribution in [1.82, 2.24) is 9.97 Å². The molecule has 0 fully saturated rings. The number of nitrogens with zero attached hydrogens (tertiary/aromatic N) is 2. The summed E-state index contributed by atoms with van der Waals surface area (Å²) in [6.45, 7) is 2.06. The molecule has 0 saturated carbocycles. The summed E-state index contributed by atoms with van der Waals surface area (Å²) < 4.78 is 13.1. The van der Waals surface area contributed by atoms with Crippen molar-refractivity contribution in [3.63, 3.8) is 0 Å². The van der Waals surface area contributed by atoms with Crippen molar-refractivity contribution in [1.29, 1.82) is 0 Å². The lowest BCUT2D eigenvalue weighted by Crippen LogP contribution is -1.96. The standard InChI is InChI=1S/C13H12ClFN2S/c1-2-4-12-16-11(14)8-13(17-12)18-10-6-3-5-9(15)7-10/h3,5-8H,2,4H2,1H3. The van der Waals surface area contributed by atoms with E-state index in [9.17, 15) is 4.39 Å². The molecule has 5 heteroatoms. The topological polar surface area (TPSA) is 25.8 Å². The number of aryl methyl sites for hydroxylation is 1. The molecule has 2 aromatic rings. The average Bonchev–Trinajstić information content (AvgIpc) is 2.28. The van der Waals surface area contributed by atoms with Crippen LogP contribution in [0.15, 0.2) is 40.3 Å². The second-order valence-corrected chi connectivity index (χ2v) is 5.24. The van der Waals surface area contributed by atoms with Crippen LogP contribution in [0, 0.1) is 5.82 Å². The van der Waals surface area contributed by atoms with Gasteiger partial charge in [0, 0.05) is 17.4 Å². The van der Waals surface area contributed by atoms with E-state index < -0.39 is 0 Å². The predicted molar refractivity (Wildman–Crippen MR) is 71.6 cm³/mol. The maximum atomic E-state index is 13.1. The fourth-order valence-electron chi connectivity index (χ4n) is 1.48. The lowest BCUT2D eigenvalue weighted by molar-refractivity contribution is 0.624. The lowest BCUT2D eigenvalue weighted by Gasteiger charge is -2.04. The highest BCUT2D eigenvalue weighted by Crippen LogP contribution is 2.27. The van der Waals surface area contributed by atoms with E-state index >= 15 is 0 Å². The highest BCUT2D eigenvalue weighted by Gasteiger charge is 2.05. The Labute approximate surface area is 115 Å². The van der Waals surface area contributed by atoms with E-state index in [1.54, 1.807) is 12.1 Å². The summed E-state index contributed by atoms with van der Waals surface area (Å²) in [6, 6.07) is 8.09. The van der Waals surface area contributed by atoms with Crippen LogP contribution in [-0.4, -0.2) is 9.97 Å². The summed E-state index contributed by atoms with van der Waals surface area (Å²) in [4.78, 5) is 9.34. The van der Waals surface area contributed by atoms with Crippen LogP contribution in [0.1, 0.15) is 19.2 Å². The van der Waals surface area contributed by atoms with Crippen molar-refractivity contribution in [3.05, 3.63) is 47.1 Å². The molecule has 0 aliphatic carbocycles. The monoisotopic (exact) mass is 282 g/mol. The van der Waals surface area contributed by atoms with Gasteiger partial charge in [-0.1, -0.05) is 36.4 Å². The van der Waals surface area contributed by atoms with Gasteiger partial charge in [-0.2, -0.15) is 0 Å². The van der Waals surface area contributed by atoms with E-state index in [1.807, 2.05) is 6.07 Å². The Hall–Kier alpha value is -1.13. The number of halogens is 2. The van der Waals surface area contributed by atoms with Gasteiger partial charge in [-0.05, 0) is 24.6 Å². The molecule has 2 rings (SSSR count). The maximum Gasteiger partial charge on any atom is 0.133 e. The normalized spacial score (nSPS) is 10.6. The van der Waals surface area contributed by atoms with Crippen LogP contribution < -0.4 is 0 Å². The van der Waals surface area contributed by atoms with Crippen molar-refractivity contribution in [2.75, 3.05) is 0 Å². The highest BCUT2D eigenvalue weighted by molar-refractivity contribution is 7.99. The van der Waals surface area contributed by atoms with Gasteiger partial charge >= 0.3 is 0 Å². The van der Waals surface area contributed by atoms with Crippen LogP contribution in [0.25, 0.3) is 0 Å². The number of aromatic nitrogens is 2. The number of benzene rings is 1. The molecule has 0 spiro atoms. The van der Waals surface area contributed by atoms with E-state index in [0.717, 1.165) is 28.6 Å². The highest BCUT2D eigenvalue weighted by atomic mass is 35.5. The number of hydrogen-bond acceptors (Lipinski definition) is 3. The van der Waals surface area contributed by atoms with E-state index in [2.05, 4.69) is 16.9 Å². The van der Waals surface area contributed by atoms with Crippen LogP contribution in [0.2, 0.25) is 5.15 Å². The second-order valence-electron chi connectivity index (χ2n) is 3.75. The molecule has 0 saturated heterocycles. The van der Waals surface area contributed by atoms with Gasteiger partial charge in [0.2, 0.25) is 0 Å². The maximum absolute atomic E-state index is 13.1.